The molecule has 0 saturated heterocycles. The van der Waals surface area contributed by atoms with Gasteiger partial charge in [0.15, 0.2) is 5.82 Å². The van der Waals surface area contributed by atoms with Gasteiger partial charge in [-0.3, -0.25) is 0 Å². The number of nitrogen functional groups attached to an aromatic ring is 1. The van der Waals surface area contributed by atoms with E-state index in [9.17, 15) is 5.11 Å². The summed E-state index contributed by atoms with van der Waals surface area (Å²) < 4.78 is 0. The molecule has 5 nitrogen and oxygen atoms in total. The number of nitriles is 1. The number of nitrogens with one attached hydrogen (secondary N) is 1. The molecule has 0 amide bonds. The maximum atomic E-state index is 9.69. The standard InChI is InChI=1S/C12H16N4O/c13-6-8-4-5-15-12(11(8)14)16-7-9-2-1-3-10(9)17/h4-5,9-10,17H,1-3,7,14H2,(H,15,16). The fourth-order valence-electron chi connectivity index (χ4n) is 2.19. The van der Waals surface area contributed by atoms with Crippen molar-refractivity contribution < 1.29 is 5.11 Å². The van der Waals surface area contributed by atoms with E-state index in [-0.39, 0.29) is 12.0 Å². The van der Waals surface area contributed by atoms with Gasteiger partial charge in [-0.2, -0.15) is 5.26 Å². The summed E-state index contributed by atoms with van der Waals surface area (Å²) in [5.74, 6) is 0.782. The van der Waals surface area contributed by atoms with E-state index in [1.54, 1.807) is 12.3 Å². The highest BCUT2D eigenvalue weighted by Gasteiger charge is 2.25. The number of aliphatic hydroxyl groups is 1. The van der Waals surface area contributed by atoms with Crippen LogP contribution in [-0.2, 0) is 0 Å². The Kier molecular flexibility index (Phi) is 3.45. The zero-order valence-corrected chi connectivity index (χ0v) is 9.56. The van der Waals surface area contributed by atoms with Crippen LogP contribution in [0.15, 0.2) is 12.3 Å². The number of rotatable bonds is 3. The largest absolute Gasteiger partial charge is 0.395 e. The molecule has 2 atom stereocenters. The molecule has 4 N–H and O–H groups in total. The van der Waals surface area contributed by atoms with Crippen molar-refractivity contribution in [2.75, 3.05) is 17.6 Å². The van der Waals surface area contributed by atoms with Crippen LogP contribution in [0.4, 0.5) is 11.5 Å². The number of anilines is 2. The van der Waals surface area contributed by atoms with Crippen molar-refractivity contribution >= 4 is 11.5 Å². The first-order valence-corrected chi connectivity index (χ1v) is 5.79. The van der Waals surface area contributed by atoms with Crippen LogP contribution in [0.2, 0.25) is 0 Å². The van der Waals surface area contributed by atoms with Gasteiger partial charge in [0.1, 0.15) is 6.07 Å². The average molecular weight is 232 g/mol. The van der Waals surface area contributed by atoms with E-state index >= 15 is 0 Å². The number of pyridine rings is 1. The minimum Gasteiger partial charge on any atom is -0.395 e. The second-order valence-corrected chi connectivity index (χ2v) is 4.37. The number of aromatic nitrogens is 1. The molecule has 0 aromatic carbocycles. The number of nitrogens with two attached hydrogens (primary N) is 1. The second-order valence-electron chi connectivity index (χ2n) is 4.37. The first-order valence-electron chi connectivity index (χ1n) is 5.79. The van der Waals surface area contributed by atoms with Crippen LogP contribution in [-0.4, -0.2) is 22.7 Å². The Morgan fingerprint density at radius 1 is 1.59 bits per heavy atom. The monoisotopic (exact) mass is 232 g/mol. The number of nitrogens with zero attached hydrogens (tertiary/aromatic N) is 2. The van der Waals surface area contributed by atoms with Crippen molar-refractivity contribution in [2.24, 2.45) is 5.92 Å². The lowest BCUT2D eigenvalue weighted by atomic mass is 10.1. The molecule has 1 heterocycles. The summed E-state index contributed by atoms with van der Waals surface area (Å²) in [5.41, 5.74) is 6.61. The van der Waals surface area contributed by atoms with Gasteiger partial charge in [-0.1, -0.05) is 6.42 Å². The summed E-state index contributed by atoms with van der Waals surface area (Å²) in [4.78, 5) is 4.10. The predicted octanol–water partition coefficient (Wildman–Crippen LogP) is 1.11. The number of aliphatic hydroxyl groups excluding tert-OH is 1. The molecule has 2 unspecified atom stereocenters. The third-order valence-corrected chi connectivity index (χ3v) is 3.26. The average Bonchev–Trinajstić information content (AvgIpc) is 2.74. The van der Waals surface area contributed by atoms with Gasteiger partial charge in [-0.25, -0.2) is 4.98 Å². The normalized spacial score (nSPS) is 23.3. The molecule has 1 aliphatic carbocycles. The summed E-state index contributed by atoms with van der Waals surface area (Å²) in [7, 11) is 0. The van der Waals surface area contributed by atoms with Gasteiger partial charge >= 0.3 is 0 Å². The van der Waals surface area contributed by atoms with Crippen LogP contribution in [0.1, 0.15) is 24.8 Å². The Labute approximate surface area is 100 Å². The van der Waals surface area contributed by atoms with Crippen LogP contribution in [0.3, 0.4) is 0 Å². The molecule has 2 rings (SSSR count). The van der Waals surface area contributed by atoms with E-state index in [1.807, 2.05) is 6.07 Å². The lowest BCUT2D eigenvalue weighted by Crippen LogP contribution is -2.22. The van der Waals surface area contributed by atoms with Crippen LogP contribution >= 0.6 is 0 Å². The predicted molar refractivity (Wildman–Crippen MR) is 65.2 cm³/mol. The molecule has 5 heteroatoms. The molecule has 0 aliphatic heterocycles. The minimum atomic E-state index is -0.233. The Morgan fingerprint density at radius 2 is 2.41 bits per heavy atom. The highest BCUT2D eigenvalue weighted by Crippen LogP contribution is 2.26. The fraction of sp³-hybridized carbons (Fsp3) is 0.500. The van der Waals surface area contributed by atoms with Gasteiger partial charge in [-0.15, -0.1) is 0 Å². The highest BCUT2D eigenvalue weighted by atomic mass is 16.3. The molecule has 17 heavy (non-hydrogen) atoms. The molecule has 0 bridgehead atoms. The van der Waals surface area contributed by atoms with E-state index in [2.05, 4.69) is 10.3 Å². The molecule has 1 fully saturated rings. The molecule has 1 aromatic heterocycles. The first-order chi connectivity index (χ1) is 8.22. The third kappa shape index (κ3) is 2.48. The minimum absolute atomic E-state index is 0.233. The first kappa shape index (κ1) is 11.7. The van der Waals surface area contributed by atoms with Crippen molar-refractivity contribution in [1.82, 2.24) is 4.98 Å². The maximum absolute atomic E-state index is 9.69. The summed E-state index contributed by atoms with van der Waals surface area (Å²) in [5, 5.41) is 21.6. The molecular formula is C12H16N4O. The van der Waals surface area contributed by atoms with Crippen molar-refractivity contribution in [3.05, 3.63) is 17.8 Å². The van der Waals surface area contributed by atoms with Gasteiger partial charge in [0, 0.05) is 18.7 Å². The topological polar surface area (TPSA) is 95.0 Å². The maximum Gasteiger partial charge on any atom is 0.150 e. The quantitative estimate of drug-likeness (QED) is 0.725. The van der Waals surface area contributed by atoms with E-state index in [1.165, 1.54) is 0 Å². The summed E-state index contributed by atoms with van der Waals surface area (Å²) in [6.45, 7) is 0.646. The van der Waals surface area contributed by atoms with Crippen molar-refractivity contribution in [3.63, 3.8) is 0 Å². The lowest BCUT2D eigenvalue weighted by molar-refractivity contribution is 0.138. The molecule has 90 valence electrons. The van der Waals surface area contributed by atoms with Crippen LogP contribution in [0.25, 0.3) is 0 Å². The fourth-order valence-corrected chi connectivity index (χ4v) is 2.19. The van der Waals surface area contributed by atoms with E-state index in [0.29, 0.717) is 23.6 Å². The van der Waals surface area contributed by atoms with Gasteiger partial charge < -0.3 is 16.2 Å². The van der Waals surface area contributed by atoms with E-state index < -0.39 is 0 Å². The zero-order chi connectivity index (χ0) is 12.3. The van der Waals surface area contributed by atoms with Crippen LogP contribution in [0, 0.1) is 17.2 Å². The Bertz CT molecular complexity index is 441. The molecule has 1 aliphatic rings. The van der Waals surface area contributed by atoms with Crippen molar-refractivity contribution in [1.29, 1.82) is 5.26 Å². The summed E-state index contributed by atoms with van der Waals surface area (Å²) in [6.07, 6.45) is 4.28. The van der Waals surface area contributed by atoms with Crippen LogP contribution < -0.4 is 11.1 Å². The Balaban J connectivity index is 2.02. The zero-order valence-electron chi connectivity index (χ0n) is 9.56. The Hall–Kier alpha value is -1.80. The highest BCUT2D eigenvalue weighted by molar-refractivity contribution is 5.68. The number of hydrogen-bond donors (Lipinski definition) is 3. The summed E-state index contributed by atoms with van der Waals surface area (Å²) in [6, 6.07) is 3.61. The smallest absolute Gasteiger partial charge is 0.150 e. The van der Waals surface area contributed by atoms with Crippen LogP contribution in [0.5, 0.6) is 0 Å². The lowest BCUT2D eigenvalue weighted by Gasteiger charge is -2.16. The van der Waals surface area contributed by atoms with Gasteiger partial charge in [0.05, 0.1) is 17.4 Å². The molecule has 0 spiro atoms. The molecule has 1 saturated carbocycles. The molecule has 0 radical (unpaired) electrons. The number of hydrogen-bond acceptors (Lipinski definition) is 5. The van der Waals surface area contributed by atoms with Gasteiger partial charge in [0.2, 0.25) is 0 Å². The summed E-state index contributed by atoms with van der Waals surface area (Å²) >= 11 is 0. The van der Waals surface area contributed by atoms with Crippen molar-refractivity contribution in [2.45, 2.75) is 25.4 Å². The third-order valence-electron chi connectivity index (χ3n) is 3.26. The SMILES string of the molecule is N#Cc1ccnc(NCC2CCCC2O)c1N. The van der Waals surface area contributed by atoms with E-state index in [4.69, 9.17) is 11.0 Å². The van der Waals surface area contributed by atoms with Gasteiger partial charge in [0.25, 0.3) is 0 Å². The van der Waals surface area contributed by atoms with E-state index in [0.717, 1.165) is 19.3 Å². The molecular weight excluding hydrogens is 216 g/mol. The molecule has 1 aromatic rings. The second kappa shape index (κ2) is 5.02. The van der Waals surface area contributed by atoms with Crippen molar-refractivity contribution in [3.8, 4) is 6.07 Å². The Morgan fingerprint density at radius 3 is 3.06 bits per heavy atom. The van der Waals surface area contributed by atoms with Gasteiger partial charge in [-0.05, 0) is 18.9 Å².